The molecule has 0 aliphatic heterocycles. The number of halogens is 1. The van der Waals surface area contributed by atoms with Crippen molar-refractivity contribution in [2.75, 3.05) is 0 Å². The molecule has 0 spiro atoms. The molecule has 0 saturated carbocycles. The van der Waals surface area contributed by atoms with Crippen molar-refractivity contribution >= 4 is 11.6 Å². The summed E-state index contributed by atoms with van der Waals surface area (Å²) in [7, 11) is 0. The summed E-state index contributed by atoms with van der Waals surface area (Å²) >= 11 is 5.76. The van der Waals surface area contributed by atoms with E-state index in [2.05, 4.69) is 10.1 Å². The molecule has 2 aromatic rings. The van der Waals surface area contributed by atoms with Crippen LogP contribution in [-0.4, -0.2) is 14.8 Å². The van der Waals surface area contributed by atoms with Crippen molar-refractivity contribution in [1.82, 2.24) is 14.8 Å². The van der Waals surface area contributed by atoms with Gasteiger partial charge in [0, 0.05) is 5.02 Å². The molecule has 1 aromatic carbocycles. The van der Waals surface area contributed by atoms with Gasteiger partial charge < -0.3 is 4.74 Å². The summed E-state index contributed by atoms with van der Waals surface area (Å²) < 4.78 is 7.25. The summed E-state index contributed by atoms with van der Waals surface area (Å²) in [6.07, 6.45) is 2.90. The van der Waals surface area contributed by atoms with E-state index in [4.69, 9.17) is 16.3 Å². The molecular weight excluding hydrogens is 214 g/mol. The Morgan fingerprint density at radius 1 is 1.33 bits per heavy atom. The molecule has 0 fully saturated rings. The molecule has 2 rings (SSSR count). The summed E-state index contributed by atoms with van der Waals surface area (Å²) in [6, 6.07) is 7.20. The topological polar surface area (TPSA) is 39.9 Å². The lowest BCUT2D eigenvalue weighted by atomic mass is 10.3. The van der Waals surface area contributed by atoms with Crippen LogP contribution in [0, 0.1) is 0 Å². The van der Waals surface area contributed by atoms with Gasteiger partial charge in [-0.15, -0.1) is 0 Å². The molecule has 1 heterocycles. The first-order valence-corrected chi connectivity index (χ1v) is 4.90. The van der Waals surface area contributed by atoms with Crippen LogP contribution >= 0.6 is 11.6 Å². The molecule has 0 saturated heterocycles. The van der Waals surface area contributed by atoms with E-state index in [0.717, 1.165) is 5.75 Å². The van der Waals surface area contributed by atoms with Gasteiger partial charge in [-0.05, 0) is 31.2 Å². The first kappa shape index (κ1) is 9.98. The SMILES string of the molecule is CC(Oc1ccc(Cl)cc1)n1cncn1. The van der Waals surface area contributed by atoms with E-state index in [1.54, 1.807) is 23.1 Å². The molecule has 4 nitrogen and oxygen atoms in total. The summed E-state index contributed by atoms with van der Waals surface area (Å²) in [4.78, 5) is 3.85. The average Bonchev–Trinajstić information content (AvgIpc) is 2.74. The summed E-state index contributed by atoms with van der Waals surface area (Å²) in [5, 5.41) is 4.67. The van der Waals surface area contributed by atoms with E-state index in [1.807, 2.05) is 19.1 Å². The minimum absolute atomic E-state index is 0.186. The maximum atomic E-state index is 5.76. The Bertz CT molecular complexity index is 413. The van der Waals surface area contributed by atoms with Gasteiger partial charge in [0.25, 0.3) is 0 Å². The normalized spacial score (nSPS) is 12.4. The molecule has 0 aliphatic rings. The summed E-state index contributed by atoms with van der Waals surface area (Å²) in [5.41, 5.74) is 0. The first-order chi connectivity index (χ1) is 7.25. The van der Waals surface area contributed by atoms with Gasteiger partial charge in [0.2, 0.25) is 0 Å². The Hall–Kier alpha value is -1.55. The van der Waals surface area contributed by atoms with Gasteiger partial charge in [0.1, 0.15) is 18.4 Å². The van der Waals surface area contributed by atoms with Crippen molar-refractivity contribution in [3.8, 4) is 5.75 Å². The highest BCUT2D eigenvalue weighted by Gasteiger charge is 2.05. The molecule has 1 atom stereocenters. The zero-order valence-corrected chi connectivity index (χ0v) is 8.93. The molecule has 78 valence electrons. The summed E-state index contributed by atoms with van der Waals surface area (Å²) in [6.45, 7) is 1.89. The molecule has 0 radical (unpaired) electrons. The Balaban J connectivity index is 2.06. The third-order valence-electron chi connectivity index (χ3n) is 1.93. The Labute approximate surface area is 92.5 Å². The van der Waals surface area contributed by atoms with E-state index in [1.165, 1.54) is 6.33 Å². The van der Waals surface area contributed by atoms with Gasteiger partial charge >= 0.3 is 0 Å². The van der Waals surface area contributed by atoms with Crippen LogP contribution in [0.15, 0.2) is 36.9 Å². The summed E-state index contributed by atoms with van der Waals surface area (Å²) in [5.74, 6) is 0.752. The third kappa shape index (κ3) is 2.47. The second-order valence-electron chi connectivity index (χ2n) is 3.05. The lowest BCUT2D eigenvalue weighted by molar-refractivity contribution is 0.138. The van der Waals surface area contributed by atoms with Gasteiger partial charge in [0.15, 0.2) is 6.23 Å². The first-order valence-electron chi connectivity index (χ1n) is 4.52. The predicted octanol–water partition coefficient (Wildman–Crippen LogP) is 2.53. The van der Waals surface area contributed by atoms with Gasteiger partial charge in [-0.25, -0.2) is 9.67 Å². The van der Waals surface area contributed by atoms with Gasteiger partial charge in [0.05, 0.1) is 0 Å². The number of nitrogens with zero attached hydrogens (tertiary/aromatic N) is 3. The molecule has 0 amide bonds. The molecule has 1 unspecified atom stereocenters. The lowest BCUT2D eigenvalue weighted by Gasteiger charge is -2.14. The second-order valence-corrected chi connectivity index (χ2v) is 3.48. The monoisotopic (exact) mass is 223 g/mol. The van der Waals surface area contributed by atoms with Crippen LogP contribution in [0.3, 0.4) is 0 Å². The number of ether oxygens (including phenoxy) is 1. The number of aromatic nitrogens is 3. The molecule has 0 N–H and O–H groups in total. The highest BCUT2D eigenvalue weighted by molar-refractivity contribution is 6.30. The van der Waals surface area contributed by atoms with Crippen LogP contribution in [0.1, 0.15) is 13.2 Å². The van der Waals surface area contributed by atoms with E-state index >= 15 is 0 Å². The second kappa shape index (κ2) is 4.31. The van der Waals surface area contributed by atoms with Crippen LogP contribution in [-0.2, 0) is 0 Å². The smallest absolute Gasteiger partial charge is 0.190 e. The minimum atomic E-state index is -0.186. The van der Waals surface area contributed by atoms with Crippen LogP contribution in [0.2, 0.25) is 5.02 Å². The fourth-order valence-electron chi connectivity index (χ4n) is 1.17. The Kier molecular flexibility index (Phi) is 2.87. The Morgan fingerprint density at radius 3 is 2.67 bits per heavy atom. The fourth-order valence-corrected chi connectivity index (χ4v) is 1.30. The fraction of sp³-hybridized carbons (Fsp3) is 0.200. The van der Waals surface area contributed by atoms with E-state index in [0.29, 0.717) is 5.02 Å². The maximum absolute atomic E-state index is 5.76. The molecule has 15 heavy (non-hydrogen) atoms. The van der Waals surface area contributed by atoms with Crippen molar-refractivity contribution in [1.29, 1.82) is 0 Å². The molecule has 0 bridgehead atoms. The number of hydrogen-bond donors (Lipinski definition) is 0. The minimum Gasteiger partial charge on any atom is -0.469 e. The van der Waals surface area contributed by atoms with Crippen LogP contribution in [0.25, 0.3) is 0 Å². The van der Waals surface area contributed by atoms with Crippen LogP contribution < -0.4 is 4.74 Å². The zero-order chi connectivity index (χ0) is 10.7. The molecular formula is C10H10ClN3O. The molecule has 1 aromatic heterocycles. The Morgan fingerprint density at radius 2 is 2.07 bits per heavy atom. The van der Waals surface area contributed by atoms with Gasteiger partial charge in [-0.2, -0.15) is 5.10 Å². The van der Waals surface area contributed by atoms with Gasteiger partial charge in [-0.1, -0.05) is 11.6 Å². The van der Waals surface area contributed by atoms with Crippen molar-refractivity contribution in [2.45, 2.75) is 13.2 Å². The van der Waals surface area contributed by atoms with Crippen molar-refractivity contribution in [3.05, 3.63) is 41.9 Å². The van der Waals surface area contributed by atoms with Crippen LogP contribution in [0.5, 0.6) is 5.75 Å². The highest BCUT2D eigenvalue weighted by atomic mass is 35.5. The van der Waals surface area contributed by atoms with Crippen LogP contribution in [0.4, 0.5) is 0 Å². The average molecular weight is 224 g/mol. The zero-order valence-electron chi connectivity index (χ0n) is 8.17. The maximum Gasteiger partial charge on any atom is 0.190 e. The highest BCUT2D eigenvalue weighted by Crippen LogP contribution is 2.19. The van der Waals surface area contributed by atoms with E-state index < -0.39 is 0 Å². The van der Waals surface area contributed by atoms with E-state index in [-0.39, 0.29) is 6.23 Å². The lowest BCUT2D eigenvalue weighted by Crippen LogP contribution is -2.12. The predicted molar refractivity (Wildman–Crippen MR) is 56.8 cm³/mol. The largest absolute Gasteiger partial charge is 0.469 e. The van der Waals surface area contributed by atoms with Crippen molar-refractivity contribution in [3.63, 3.8) is 0 Å². The number of hydrogen-bond acceptors (Lipinski definition) is 3. The number of rotatable bonds is 3. The quantitative estimate of drug-likeness (QED) is 0.803. The van der Waals surface area contributed by atoms with Gasteiger partial charge in [-0.3, -0.25) is 0 Å². The van der Waals surface area contributed by atoms with Crippen molar-refractivity contribution in [2.24, 2.45) is 0 Å². The number of benzene rings is 1. The molecule has 5 heteroatoms. The third-order valence-corrected chi connectivity index (χ3v) is 2.18. The molecule has 0 aliphatic carbocycles. The van der Waals surface area contributed by atoms with Crippen molar-refractivity contribution < 1.29 is 4.74 Å². The van der Waals surface area contributed by atoms with E-state index in [9.17, 15) is 0 Å². The standard InChI is InChI=1S/C10H10ClN3O/c1-8(14-7-12-6-13-14)15-10-4-2-9(11)3-5-10/h2-8H,1H3.